The lowest BCUT2D eigenvalue weighted by molar-refractivity contribution is 0.576. The number of sulfone groups is 1. The Hall–Kier alpha value is -1.17. The third kappa shape index (κ3) is 3.20. The highest BCUT2D eigenvalue weighted by molar-refractivity contribution is 7.91. The summed E-state index contributed by atoms with van der Waals surface area (Å²) in [4.78, 5) is 0.163. The predicted molar refractivity (Wildman–Crippen MR) is 82.7 cm³/mol. The molecular weight excluding hydrogens is 331 g/mol. The van der Waals surface area contributed by atoms with Crippen LogP contribution in [-0.4, -0.2) is 24.5 Å². The van der Waals surface area contributed by atoms with Crippen molar-refractivity contribution in [1.29, 1.82) is 0 Å². The predicted octanol–water partition coefficient (Wildman–Crippen LogP) is 3.48. The first-order chi connectivity index (χ1) is 9.79. The SMILES string of the molecule is CC(C)(CCl)c1cc(S(=O)(=O)c2ccccc2)nnc1Cl. The van der Waals surface area contributed by atoms with Crippen molar-refractivity contribution in [3.05, 3.63) is 47.1 Å². The first kappa shape index (κ1) is 16.2. The molecule has 0 fully saturated rings. The lowest BCUT2D eigenvalue weighted by Gasteiger charge is -2.22. The fraction of sp³-hybridized carbons (Fsp3) is 0.286. The average Bonchev–Trinajstić information content (AvgIpc) is 2.48. The van der Waals surface area contributed by atoms with Gasteiger partial charge in [-0.15, -0.1) is 21.8 Å². The summed E-state index contributed by atoms with van der Waals surface area (Å²) in [5.41, 5.74) is 0.0545. The highest BCUT2D eigenvalue weighted by Crippen LogP contribution is 2.31. The van der Waals surface area contributed by atoms with Gasteiger partial charge in [0, 0.05) is 16.9 Å². The van der Waals surface area contributed by atoms with Crippen LogP contribution in [0, 0.1) is 0 Å². The van der Waals surface area contributed by atoms with E-state index >= 15 is 0 Å². The van der Waals surface area contributed by atoms with Gasteiger partial charge in [0.25, 0.3) is 0 Å². The Bertz CT molecular complexity index is 747. The molecule has 0 bridgehead atoms. The van der Waals surface area contributed by atoms with E-state index in [-0.39, 0.29) is 21.0 Å². The van der Waals surface area contributed by atoms with Crippen LogP contribution in [0.1, 0.15) is 19.4 Å². The third-order valence-electron chi connectivity index (χ3n) is 3.12. The third-order valence-corrected chi connectivity index (χ3v) is 5.71. The summed E-state index contributed by atoms with van der Waals surface area (Å²) in [5.74, 6) is 0.281. The highest BCUT2D eigenvalue weighted by Gasteiger charge is 2.28. The number of benzene rings is 1. The number of nitrogens with zero attached hydrogens (tertiary/aromatic N) is 2. The Kier molecular flexibility index (Phi) is 4.56. The summed E-state index contributed by atoms with van der Waals surface area (Å²) in [7, 11) is -3.72. The molecule has 1 aromatic carbocycles. The van der Waals surface area contributed by atoms with Gasteiger partial charge in [0.15, 0.2) is 10.2 Å². The minimum Gasteiger partial charge on any atom is -0.217 e. The van der Waals surface area contributed by atoms with Crippen LogP contribution in [-0.2, 0) is 15.3 Å². The minimum atomic E-state index is -3.72. The van der Waals surface area contributed by atoms with Crippen molar-refractivity contribution in [3.63, 3.8) is 0 Å². The van der Waals surface area contributed by atoms with Gasteiger partial charge in [0.1, 0.15) is 0 Å². The number of halogens is 2. The Morgan fingerprint density at radius 3 is 2.33 bits per heavy atom. The first-order valence-corrected chi connectivity index (χ1v) is 8.58. The second kappa shape index (κ2) is 5.91. The van der Waals surface area contributed by atoms with Crippen molar-refractivity contribution in [1.82, 2.24) is 10.2 Å². The van der Waals surface area contributed by atoms with E-state index in [2.05, 4.69) is 10.2 Å². The Morgan fingerprint density at radius 2 is 1.76 bits per heavy atom. The summed E-state index contributed by atoms with van der Waals surface area (Å²) in [6.07, 6.45) is 0. The molecule has 1 heterocycles. The maximum Gasteiger partial charge on any atom is 0.225 e. The molecule has 4 nitrogen and oxygen atoms in total. The number of hydrogen-bond donors (Lipinski definition) is 0. The van der Waals surface area contributed by atoms with Crippen LogP contribution in [0.4, 0.5) is 0 Å². The maximum absolute atomic E-state index is 12.5. The average molecular weight is 345 g/mol. The van der Waals surface area contributed by atoms with Crippen LogP contribution < -0.4 is 0 Å². The van der Waals surface area contributed by atoms with Gasteiger partial charge in [-0.3, -0.25) is 0 Å². The number of alkyl halides is 1. The van der Waals surface area contributed by atoms with Crippen molar-refractivity contribution in [2.75, 3.05) is 5.88 Å². The van der Waals surface area contributed by atoms with E-state index in [4.69, 9.17) is 23.2 Å². The quantitative estimate of drug-likeness (QED) is 0.796. The summed E-state index contributed by atoms with van der Waals surface area (Å²) in [5, 5.41) is 7.51. The van der Waals surface area contributed by atoms with Crippen LogP contribution in [0.3, 0.4) is 0 Å². The summed E-state index contributed by atoms with van der Waals surface area (Å²) < 4.78 is 25.1. The zero-order valence-electron chi connectivity index (χ0n) is 11.5. The lowest BCUT2D eigenvalue weighted by Crippen LogP contribution is -2.21. The standard InChI is InChI=1S/C14H14Cl2N2O2S/c1-14(2,9-15)11-8-12(17-18-13(11)16)21(19,20)10-6-4-3-5-7-10/h3-8H,9H2,1-2H3. The normalized spacial score (nSPS) is 12.4. The molecule has 0 aliphatic carbocycles. The van der Waals surface area contributed by atoms with E-state index in [9.17, 15) is 8.42 Å². The van der Waals surface area contributed by atoms with Crippen LogP contribution >= 0.6 is 23.2 Å². The van der Waals surface area contributed by atoms with Crippen molar-refractivity contribution in [3.8, 4) is 0 Å². The second-order valence-electron chi connectivity index (χ2n) is 5.22. The van der Waals surface area contributed by atoms with E-state index in [1.54, 1.807) is 18.2 Å². The molecule has 2 rings (SSSR count). The molecule has 112 valence electrons. The lowest BCUT2D eigenvalue weighted by atomic mass is 9.88. The highest BCUT2D eigenvalue weighted by atomic mass is 35.5. The van der Waals surface area contributed by atoms with E-state index in [1.165, 1.54) is 18.2 Å². The molecule has 0 aliphatic heterocycles. The van der Waals surface area contributed by atoms with Crippen LogP contribution in [0.25, 0.3) is 0 Å². The molecule has 1 aromatic heterocycles. The van der Waals surface area contributed by atoms with Gasteiger partial charge < -0.3 is 0 Å². The van der Waals surface area contributed by atoms with E-state index < -0.39 is 15.3 Å². The molecule has 0 N–H and O–H groups in total. The molecule has 0 amide bonds. The van der Waals surface area contributed by atoms with E-state index in [0.717, 1.165) is 0 Å². The smallest absolute Gasteiger partial charge is 0.217 e. The minimum absolute atomic E-state index is 0.133. The van der Waals surface area contributed by atoms with Crippen molar-refractivity contribution >= 4 is 33.0 Å². The van der Waals surface area contributed by atoms with Crippen molar-refractivity contribution in [2.24, 2.45) is 0 Å². The van der Waals surface area contributed by atoms with Gasteiger partial charge in [-0.2, -0.15) is 0 Å². The van der Waals surface area contributed by atoms with Gasteiger partial charge in [0.05, 0.1) is 4.90 Å². The topological polar surface area (TPSA) is 59.9 Å². The van der Waals surface area contributed by atoms with Crippen molar-refractivity contribution in [2.45, 2.75) is 29.2 Å². The monoisotopic (exact) mass is 344 g/mol. The molecule has 0 atom stereocenters. The van der Waals surface area contributed by atoms with Crippen LogP contribution in [0.2, 0.25) is 5.15 Å². The molecule has 0 unspecified atom stereocenters. The number of hydrogen-bond acceptors (Lipinski definition) is 4. The molecular formula is C14H14Cl2N2O2S. The maximum atomic E-state index is 12.5. The van der Waals surface area contributed by atoms with Crippen LogP contribution in [0.5, 0.6) is 0 Å². The first-order valence-electron chi connectivity index (χ1n) is 6.19. The summed E-state index contributed by atoms with van der Waals surface area (Å²) in [6.45, 7) is 3.73. The number of rotatable bonds is 4. The molecule has 0 radical (unpaired) electrons. The summed E-state index contributed by atoms with van der Waals surface area (Å²) >= 11 is 12.0. The molecule has 21 heavy (non-hydrogen) atoms. The van der Waals surface area contributed by atoms with E-state index in [0.29, 0.717) is 5.56 Å². The summed E-state index contributed by atoms with van der Waals surface area (Å²) in [6, 6.07) is 9.52. The fourth-order valence-corrected chi connectivity index (χ4v) is 3.43. The van der Waals surface area contributed by atoms with Gasteiger partial charge in [-0.25, -0.2) is 8.42 Å². The van der Waals surface area contributed by atoms with Crippen LogP contribution in [0.15, 0.2) is 46.3 Å². The Morgan fingerprint density at radius 1 is 1.14 bits per heavy atom. The van der Waals surface area contributed by atoms with Gasteiger partial charge in [0.2, 0.25) is 9.84 Å². The molecule has 2 aromatic rings. The molecule has 0 spiro atoms. The molecule has 0 saturated carbocycles. The van der Waals surface area contributed by atoms with Gasteiger partial charge >= 0.3 is 0 Å². The molecule has 7 heteroatoms. The van der Waals surface area contributed by atoms with E-state index in [1.807, 2.05) is 13.8 Å². The van der Waals surface area contributed by atoms with Gasteiger partial charge in [-0.1, -0.05) is 43.6 Å². The zero-order valence-corrected chi connectivity index (χ0v) is 13.9. The molecule has 0 aliphatic rings. The Labute approximate surface area is 134 Å². The van der Waals surface area contributed by atoms with Crippen molar-refractivity contribution < 1.29 is 8.42 Å². The second-order valence-corrected chi connectivity index (χ2v) is 7.74. The number of aromatic nitrogens is 2. The zero-order chi connectivity index (χ0) is 15.7. The fourth-order valence-electron chi connectivity index (χ4n) is 1.76. The largest absolute Gasteiger partial charge is 0.225 e. The molecule has 0 saturated heterocycles. The Balaban J connectivity index is 2.59. The van der Waals surface area contributed by atoms with Gasteiger partial charge in [-0.05, 0) is 18.2 Å².